The number of nitrogens with zero attached hydrogens (tertiary/aromatic N) is 1. The van der Waals surface area contributed by atoms with Crippen molar-refractivity contribution in [3.05, 3.63) is 0 Å². The monoisotopic (exact) mass is 298 g/mol. The fourth-order valence-electron chi connectivity index (χ4n) is 4.16. The van der Waals surface area contributed by atoms with Crippen LogP contribution in [0.25, 0.3) is 0 Å². The SMILES string of the molecule is CCNC1CCN(C2CCOC3(CCSCC3)C2)CC1. The van der Waals surface area contributed by atoms with Crippen molar-refractivity contribution < 1.29 is 4.74 Å². The third-order valence-corrected chi connectivity index (χ3v) is 6.40. The maximum Gasteiger partial charge on any atom is 0.0713 e. The van der Waals surface area contributed by atoms with Gasteiger partial charge >= 0.3 is 0 Å². The Morgan fingerprint density at radius 1 is 1.20 bits per heavy atom. The van der Waals surface area contributed by atoms with Gasteiger partial charge in [0.15, 0.2) is 0 Å². The molecule has 3 fully saturated rings. The van der Waals surface area contributed by atoms with Crippen molar-refractivity contribution in [1.82, 2.24) is 10.2 Å². The summed E-state index contributed by atoms with van der Waals surface area (Å²) in [4.78, 5) is 2.76. The molecule has 116 valence electrons. The minimum Gasteiger partial charge on any atom is -0.375 e. The molecule has 0 aromatic carbocycles. The van der Waals surface area contributed by atoms with Crippen LogP contribution in [0.5, 0.6) is 0 Å². The number of thioether (sulfide) groups is 1. The number of hydrogen-bond acceptors (Lipinski definition) is 4. The third kappa shape index (κ3) is 3.52. The van der Waals surface area contributed by atoms with Crippen LogP contribution in [-0.4, -0.2) is 60.3 Å². The summed E-state index contributed by atoms with van der Waals surface area (Å²) in [6.07, 6.45) is 7.76. The molecule has 0 amide bonds. The summed E-state index contributed by atoms with van der Waals surface area (Å²) < 4.78 is 6.23. The lowest BCUT2D eigenvalue weighted by molar-refractivity contribution is -0.112. The van der Waals surface area contributed by atoms with Crippen LogP contribution in [-0.2, 0) is 4.74 Å². The van der Waals surface area contributed by atoms with Crippen LogP contribution in [0.4, 0.5) is 0 Å². The van der Waals surface area contributed by atoms with Gasteiger partial charge in [0.25, 0.3) is 0 Å². The molecule has 0 aromatic rings. The van der Waals surface area contributed by atoms with Gasteiger partial charge in [-0.15, -0.1) is 0 Å². The second kappa shape index (κ2) is 6.99. The van der Waals surface area contributed by atoms with Crippen molar-refractivity contribution in [2.24, 2.45) is 0 Å². The second-order valence-electron chi connectivity index (χ2n) is 6.66. The van der Waals surface area contributed by atoms with Gasteiger partial charge in [0.1, 0.15) is 0 Å². The maximum atomic E-state index is 6.23. The Labute approximate surface area is 128 Å². The van der Waals surface area contributed by atoms with E-state index in [4.69, 9.17) is 4.74 Å². The first kappa shape index (κ1) is 15.1. The lowest BCUT2D eigenvalue weighted by Crippen LogP contribution is -2.53. The summed E-state index contributed by atoms with van der Waals surface area (Å²) in [5.74, 6) is 2.60. The molecule has 0 aromatic heterocycles. The number of piperidine rings is 1. The number of hydrogen-bond donors (Lipinski definition) is 1. The Hall–Kier alpha value is 0.230. The van der Waals surface area contributed by atoms with E-state index in [9.17, 15) is 0 Å². The molecule has 3 aliphatic rings. The van der Waals surface area contributed by atoms with Gasteiger partial charge in [-0.3, -0.25) is 0 Å². The minimum atomic E-state index is 0.243. The van der Waals surface area contributed by atoms with Crippen LogP contribution in [0.2, 0.25) is 0 Å². The highest BCUT2D eigenvalue weighted by atomic mass is 32.2. The smallest absolute Gasteiger partial charge is 0.0713 e. The van der Waals surface area contributed by atoms with Gasteiger partial charge in [-0.25, -0.2) is 0 Å². The van der Waals surface area contributed by atoms with Crippen LogP contribution in [0.1, 0.15) is 45.4 Å². The average Bonchev–Trinajstić information content (AvgIpc) is 2.49. The first-order valence-electron chi connectivity index (χ1n) is 8.50. The Morgan fingerprint density at radius 2 is 1.95 bits per heavy atom. The Morgan fingerprint density at radius 3 is 2.65 bits per heavy atom. The predicted molar refractivity (Wildman–Crippen MR) is 86.5 cm³/mol. The molecule has 3 aliphatic heterocycles. The highest BCUT2D eigenvalue weighted by Gasteiger charge is 2.40. The molecule has 3 saturated heterocycles. The van der Waals surface area contributed by atoms with Crippen LogP contribution < -0.4 is 5.32 Å². The molecule has 3 nitrogen and oxygen atoms in total. The first-order valence-corrected chi connectivity index (χ1v) is 9.66. The summed E-state index contributed by atoms with van der Waals surface area (Å²) in [5.41, 5.74) is 0.243. The average molecular weight is 298 g/mol. The van der Waals surface area contributed by atoms with Gasteiger partial charge in [-0.05, 0) is 69.7 Å². The second-order valence-corrected chi connectivity index (χ2v) is 7.88. The van der Waals surface area contributed by atoms with E-state index in [1.165, 1.54) is 63.1 Å². The maximum absolute atomic E-state index is 6.23. The van der Waals surface area contributed by atoms with Gasteiger partial charge in [-0.2, -0.15) is 11.8 Å². The third-order valence-electron chi connectivity index (χ3n) is 5.41. The summed E-state index contributed by atoms with van der Waals surface area (Å²) in [6.45, 7) is 6.89. The molecule has 4 heteroatoms. The molecule has 1 unspecified atom stereocenters. The summed E-state index contributed by atoms with van der Waals surface area (Å²) in [7, 11) is 0. The molecule has 3 heterocycles. The number of rotatable bonds is 3. The molecular formula is C16H30N2OS. The van der Waals surface area contributed by atoms with E-state index in [1.807, 2.05) is 0 Å². The quantitative estimate of drug-likeness (QED) is 0.865. The normalized spacial score (nSPS) is 32.5. The predicted octanol–water partition coefficient (Wildman–Crippen LogP) is 2.51. The molecule has 1 N–H and O–H groups in total. The molecule has 1 spiro atoms. The summed E-state index contributed by atoms with van der Waals surface area (Å²) in [6, 6.07) is 1.55. The number of nitrogens with one attached hydrogen (secondary N) is 1. The van der Waals surface area contributed by atoms with Crippen molar-refractivity contribution in [2.45, 2.75) is 63.1 Å². The first-order chi connectivity index (χ1) is 9.81. The zero-order valence-electron chi connectivity index (χ0n) is 12.9. The largest absolute Gasteiger partial charge is 0.375 e. The standard InChI is InChI=1S/C16H30N2OS/c1-2-17-14-3-8-18(9-4-14)15-5-10-19-16(13-15)6-11-20-12-7-16/h14-15,17H,2-13H2,1H3. The van der Waals surface area contributed by atoms with Crippen LogP contribution in [0.15, 0.2) is 0 Å². The van der Waals surface area contributed by atoms with E-state index in [0.29, 0.717) is 0 Å². The van der Waals surface area contributed by atoms with Gasteiger partial charge in [-0.1, -0.05) is 6.92 Å². The van der Waals surface area contributed by atoms with Crippen molar-refractivity contribution in [2.75, 3.05) is 37.7 Å². The molecule has 20 heavy (non-hydrogen) atoms. The topological polar surface area (TPSA) is 24.5 Å². The van der Waals surface area contributed by atoms with Crippen molar-refractivity contribution in [1.29, 1.82) is 0 Å². The molecule has 0 bridgehead atoms. The van der Waals surface area contributed by atoms with Crippen molar-refractivity contribution >= 4 is 11.8 Å². The number of ether oxygens (including phenoxy) is 1. The van der Waals surface area contributed by atoms with E-state index in [2.05, 4.69) is 28.9 Å². The molecule has 0 aliphatic carbocycles. The highest BCUT2D eigenvalue weighted by Crippen LogP contribution is 2.39. The van der Waals surface area contributed by atoms with Gasteiger partial charge in [0, 0.05) is 18.7 Å². The van der Waals surface area contributed by atoms with E-state index >= 15 is 0 Å². The Kier molecular flexibility index (Phi) is 5.29. The Bertz CT molecular complexity index is 293. The van der Waals surface area contributed by atoms with E-state index in [1.54, 1.807) is 0 Å². The minimum absolute atomic E-state index is 0.243. The van der Waals surface area contributed by atoms with Gasteiger partial charge in [0.05, 0.1) is 5.60 Å². The van der Waals surface area contributed by atoms with Crippen LogP contribution >= 0.6 is 11.8 Å². The lowest BCUT2D eigenvalue weighted by Gasteiger charge is -2.48. The fraction of sp³-hybridized carbons (Fsp3) is 1.00. The highest BCUT2D eigenvalue weighted by molar-refractivity contribution is 7.99. The van der Waals surface area contributed by atoms with E-state index in [0.717, 1.165) is 25.2 Å². The van der Waals surface area contributed by atoms with E-state index < -0.39 is 0 Å². The van der Waals surface area contributed by atoms with Gasteiger partial charge in [0.2, 0.25) is 0 Å². The fourth-order valence-corrected chi connectivity index (χ4v) is 5.40. The Balaban J connectivity index is 1.52. The molecule has 0 radical (unpaired) electrons. The lowest BCUT2D eigenvalue weighted by atomic mass is 9.84. The van der Waals surface area contributed by atoms with E-state index in [-0.39, 0.29) is 5.60 Å². The summed E-state index contributed by atoms with van der Waals surface area (Å²) in [5, 5.41) is 3.61. The molecular weight excluding hydrogens is 268 g/mol. The van der Waals surface area contributed by atoms with Crippen molar-refractivity contribution in [3.63, 3.8) is 0 Å². The molecule has 1 atom stereocenters. The van der Waals surface area contributed by atoms with Gasteiger partial charge < -0.3 is 15.0 Å². The van der Waals surface area contributed by atoms with Crippen molar-refractivity contribution in [3.8, 4) is 0 Å². The number of likely N-dealkylation sites (tertiary alicyclic amines) is 1. The van der Waals surface area contributed by atoms with Crippen LogP contribution in [0.3, 0.4) is 0 Å². The molecule has 0 saturated carbocycles. The van der Waals surface area contributed by atoms with Crippen LogP contribution in [0, 0.1) is 0 Å². The zero-order chi connectivity index (χ0) is 13.8. The summed E-state index contributed by atoms with van der Waals surface area (Å²) >= 11 is 2.10. The molecule has 3 rings (SSSR count). The zero-order valence-corrected chi connectivity index (χ0v) is 13.7.